The zero-order valence-electron chi connectivity index (χ0n) is 12.8. The van der Waals surface area contributed by atoms with Crippen molar-refractivity contribution < 1.29 is 19.1 Å². The first-order valence-electron chi connectivity index (χ1n) is 7.26. The minimum Gasteiger partial charge on any atom is -0.379 e. The fraction of sp³-hybridized carbons (Fsp3) is 0.643. The van der Waals surface area contributed by atoms with E-state index in [9.17, 15) is 9.59 Å². The van der Waals surface area contributed by atoms with Crippen molar-refractivity contribution >= 4 is 23.2 Å². The molecule has 1 aromatic rings. The maximum atomic E-state index is 12.4. The largest absolute Gasteiger partial charge is 0.379 e. The number of ether oxygens (including phenoxy) is 2. The molecular formula is C14H21N3O4S. The van der Waals surface area contributed by atoms with E-state index in [1.807, 2.05) is 13.8 Å². The third kappa shape index (κ3) is 4.25. The lowest BCUT2D eigenvalue weighted by Gasteiger charge is -2.31. The number of primary amides is 1. The van der Waals surface area contributed by atoms with Gasteiger partial charge >= 0.3 is 0 Å². The minimum absolute atomic E-state index is 0.156. The Kier molecular flexibility index (Phi) is 5.87. The van der Waals surface area contributed by atoms with Crippen LogP contribution in [0.25, 0.3) is 0 Å². The highest BCUT2D eigenvalue weighted by Crippen LogP contribution is 2.19. The average molecular weight is 327 g/mol. The van der Waals surface area contributed by atoms with E-state index < -0.39 is 5.91 Å². The molecule has 0 bridgehead atoms. The molecule has 1 aliphatic heterocycles. The summed E-state index contributed by atoms with van der Waals surface area (Å²) in [6.45, 7) is 4.56. The fourth-order valence-electron chi connectivity index (χ4n) is 2.29. The highest BCUT2D eigenvalue weighted by molar-refractivity contribution is 7.13. The van der Waals surface area contributed by atoms with Gasteiger partial charge in [-0.1, -0.05) is 6.92 Å². The Morgan fingerprint density at radius 3 is 2.95 bits per heavy atom. The number of carbonyl (C=O) groups excluding carboxylic acids is 2. The number of aryl methyl sites for hydroxylation is 2. The predicted octanol–water partition coefficient (Wildman–Crippen LogP) is 0.403. The number of nitrogens with one attached hydrogen (secondary N) is 1. The Balaban J connectivity index is 2.01. The van der Waals surface area contributed by atoms with Crippen molar-refractivity contribution in [3.8, 4) is 0 Å². The number of carbonyl (C=O) groups is 2. The zero-order chi connectivity index (χ0) is 16.1. The van der Waals surface area contributed by atoms with Crippen LogP contribution >= 0.6 is 11.3 Å². The molecule has 0 spiro atoms. The highest BCUT2D eigenvalue weighted by atomic mass is 32.1. The first-order valence-corrected chi connectivity index (χ1v) is 8.07. The summed E-state index contributed by atoms with van der Waals surface area (Å²) in [7, 11) is 0. The third-order valence-electron chi connectivity index (χ3n) is 3.40. The lowest BCUT2D eigenvalue weighted by Crippen LogP contribution is -2.51. The smallest absolute Gasteiger partial charge is 0.263 e. The first-order chi connectivity index (χ1) is 10.5. The Hall–Kier alpha value is -1.51. The number of aromatic nitrogens is 1. The van der Waals surface area contributed by atoms with Crippen LogP contribution in [0.4, 0.5) is 0 Å². The number of hydrogen-bond donors (Lipinski definition) is 2. The molecule has 1 saturated heterocycles. The van der Waals surface area contributed by atoms with Gasteiger partial charge in [0.2, 0.25) is 5.91 Å². The van der Waals surface area contributed by atoms with Crippen LogP contribution in [0.1, 0.15) is 33.7 Å². The first kappa shape index (κ1) is 16.9. The highest BCUT2D eigenvalue weighted by Gasteiger charge is 2.29. The molecule has 2 heterocycles. The maximum absolute atomic E-state index is 12.4. The van der Waals surface area contributed by atoms with Crippen molar-refractivity contribution in [2.45, 2.75) is 38.8 Å². The summed E-state index contributed by atoms with van der Waals surface area (Å²) in [6.07, 6.45) is 1.14. The summed E-state index contributed by atoms with van der Waals surface area (Å²) in [6, 6.07) is -0.299. The number of hydrogen-bond acceptors (Lipinski definition) is 6. The summed E-state index contributed by atoms with van der Waals surface area (Å²) < 4.78 is 10.9. The van der Waals surface area contributed by atoms with Gasteiger partial charge in [0.25, 0.3) is 5.91 Å². The molecular weight excluding hydrogens is 306 g/mol. The van der Waals surface area contributed by atoms with Gasteiger partial charge in [-0.2, -0.15) is 0 Å². The van der Waals surface area contributed by atoms with Gasteiger partial charge in [0, 0.05) is 6.61 Å². The van der Waals surface area contributed by atoms with Gasteiger partial charge in [-0.05, 0) is 19.8 Å². The van der Waals surface area contributed by atoms with Gasteiger partial charge < -0.3 is 20.5 Å². The van der Waals surface area contributed by atoms with Crippen molar-refractivity contribution in [1.29, 1.82) is 0 Å². The fourth-order valence-corrected chi connectivity index (χ4v) is 3.20. The molecule has 0 unspecified atom stereocenters. The average Bonchev–Trinajstić information content (AvgIpc) is 2.87. The molecule has 2 atom stereocenters. The topological polar surface area (TPSA) is 104 Å². The number of amides is 2. The van der Waals surface area contributed by atoms with Gasteiger partial charge in [0.05, 0.1) is 29.5 Å². The SMILES string of the molecule is CCc1nc(C)c(C(=O)N[C@@H]2COCC[C@@H]2OCC(N)=O)s1. The predicted molar refractivity (Wildman–Crippen MR) is 81.9 cm³/mol. The second kappa shape index (κ2) is 7.66. The van der Waals surface area contributed by atoms with E-state index in [2.05, 4.69) is 10.3 Å². The van der Waals surface area contributed by atoms with E-state index in [1.54, 1.807) is 0 Å². The van der Waals surface area contributed by atoms with Crippen LogP contribution in [0.5, 0.6) is 0 Å². The number of thiazole rings is 1. The van der Waals surface area contributed by atoms with E-state index in [1.165, 1.54) is 11.3 Å². The molecule has 7 nitrogen and oxygen atoms in total. The molecule has 0 aromatic carbocycles. The molecule has 2 amide bonds. The summed E-state index contributed by atoms with van der Waals surface area (Å²) in [4.78, 5) is 28.2. The lowest BCUT2D eigenvalue weighted by atomic mass is 10.1. The van der Waals surface area contributed by atoms with Crippen LogP contribution in [0.3, 0.4) is 0 Å². The Bertz CT molecular complexity index is 546. The number of nitrogens with two attached hydrogens (primary N) is 1. The van der Waals surface area contributed by atoms with E-state index in [0.717, 1.165) is 17.1 Å². The van der Waals surface area contributed by atoms with Crippen molar-refractivity contribution in [3.05, 3.63) is 15.6 Å². The second-order valence-corrected chi connectivity index (χ2v) is 6.22. The molecule has 3 N–H and O–H groups in total. The third-order valence-corrected chi connectivity index (χ3v) is 4.70. The van der Waals surface area contributed by atoms with Crippen LogP contribution in [0, 0.1) is 6.92 Å². The van der Waals surface area contributed by atoms with E-state index in [0.29, 0.717) is 24.5 Å². The standard InChI is InChI=1S/C14H21N3O4S/c1-3-12-16-8(2)13(22-12)14(19)17-9-6-20-5-4-10(9)21-7-11(15)18/h9-10H,3-7H2,1-2H3,(H2,15,18)(H,17,19)/t9-,10+/m1/s1. The second-order valence-electron chi connectivity index (χ2n) is 5.14. The molecule has 1 fully saturated rings. The van der Waals surface area contributed by atoms with Crippen LogP contribution in [0.2, 0.25) is 0 Å². The van der Waals surface area contributed by atoms with Gasteiger partial charge in [-0.25, -0.2) is 4.98 Å². The van der Waals surface area contributed by atoms with Gasteiger partial charge in [0.15, 0.2) is 0 Å². The lowest BCUT2D eigenvalue weighted by molar-refractivity contribution is -0.128. The van der Waals surface area contributed by atoms with Crippen LogP contribution < -0.4 is 11.1 Å². The van der Waals surface area contributed by atoms with Crippen molar-refractivity contribution in [1.82, 2.24) is 10.3 Å². The van der Waals surface area contributed by atoms with Crippen LogP contribution in [0.15, 0.2) is 0 Å². The zero-order valence-corrected chi connectivity index (χ0v) is 13.6. The molecule has 2 rings (SSSR count). The molecule has 1 aliphatic rings. The number of rotatable bonds is 6. The Morgan fingerprint density at radius 1 is 1.55 bits per heavy atom. The normalized spacial score (nSPS) is 21.5. The van der Waals surface area contributed by atoms with Crippen molar-refractivity contribution in [2.75, 3.05) is 19.8 Å². The van der Waals surface area contributed by atoms with E-state index in [4.69, 9.17) is 15.2 Å². The number of nitrogens with zero attached hydrogens (tertiary/aromatic N) is 1. The van der Waals surface area contributed by atoms with Gasteiger partial charge in [-0.15, -0.1) is 11.3 Å². The summed E-state index contributed by atoms with van der Waals surface area (Å²) in [5.41, 5.74) is 5.82. The molecule has 0 saturated carbocycles. The summed E-state index contributed by atoms with van der Waals surface area (Å²) in [5, 5.41) is 3.85. The van der Waals surface area contributed by atoms with Crippen molar-refractivity contribution in [3.63, 3.8) is 0 Å². The summed E-state index contributed by atoms with van der Waals surface area (Å²) in [5.74, 6) is -0.708. The quantitative estimate of drug-likeness (QED) is 0.787. The molecule has 122 valence electrons. The van der Waals surface area contributed by atoms with Gasteiger partial charge in [-0.3, -0.25) is 9.59 Å². The maximum Gasteiger partial charge on any atom is 0.263 e. The Morgan fingerprint density at radius 2 is 2.32 bits per heavy atom. The Labute approximate surface area is 133 Å². The summed E-state index contributed by atoms with van der Waals surface area (Å²) >= 11 is 1.40. The van der Waals surface area contributed by atoms with Crippen LogP contribution in [-0.2, 0) is 20.7 Å². The van der Waals surface area contributed by atoms with E-state index in [-0.39, 0.29) is 24.7 Å². The van der Waals surface area contributed by atoms with Crippen molar-refractivity contribution in [2.24, 2.45) is 5.73 Å². The van der Waals surface area contributed by atoms with E-state index >= 15 is 0 Å². The molecule has 8 heteroatoms. The van der Waals surface area contributed by atoms with Crippen LogP contribution in [-0.4, -0.2) is 48.8 Å². The minimum atomic E-state index is -0.526. The molecule has 0 aliphatic carbocycles. The molecule has 22 heavy (non-hydrogen) atoms. The molecule has 0 radical (unpaired) electrons. The van der Waals surface area contributed by atoms with Gasteiger partial charge in [0.1, 0.15) is 11.5 Å². The molecule has 1 aromatic heterocycles. The monoisotopic (exact) mass is 327 g/mol.